The van der Waals surface area contributed by atoms with Gasteiger partial charge >= 0.3 is 17.9 Å². The molecule has 0 spiro atoms. The van der Waals surface area contributed by atoms with Crippen LogP contribution in [0.4, 0.5) is 0 Å². The van der Waals surface area contributed by atoms with Gasteiger partial charge in [0.1, 0.15) is 25.0 Å². The van der Waals surface area contributed by atoms with Gasteiger partial charge in [-0.3, -0.25) is 38.4 Å². The van der Waals surface area contributed by atoms with Gasteiger partial charge in [-0.05, 0) is 83.0 Å². The largest absolute Gasteiger partial charge is 0.481 e. The number of carboxylic acid groups (broad SMARTS) is 3. The van der Waals surface area contributed by atoms with Crippen molar-refractivity contribution in [3.05, 3.63) is 0 Å². The molecule has 1 rings (SSSR count). The molecule has 1 aliphatic carbocycles. The van der Waals surface area contributed by atoms with E-state index < -0.39 is 35.8 Å². The number of carbonyl (C=O) groups excluding carboxylic acids is 6. The third-order valence-electron chi connectivity index (χ3n) is 13.8. The summed E-state index contributed by atoms with van der Waals surface area (Å²) in [5, 5.41) is 38.4. The zero-order valence-corrected chi connectivity index (χ0v) is 48.2. The molecule has 452 valence electrons. The van der Waals surface area contributed by atoms with Gasteiger partial charge in [-0.1, -0.05) is 104 Å². The van der Waals surface area contributed by atoms with E-state index in [0.29, 0.717) is 90.3 Å². The van der Waals surface area contributed by atoms with Crippen molar-refractivity contribution in [3.8, 4) is 0 Å². The number of ether oxygens (including phenoxy) is 4. The van der Waals surface area contributed by atoms with Crippen molar-refractivity contribution in [2.24, 2.45) is 17.8 Å². The Morgan fingerprint density at radius 1 is 0.487 bits per heavy atom. The van der Waals surface area contributed by atoms with Crippen molar-refractivity contribution >= 4 is 53.1 Å². The lowest BCUT2D eigenvalue weighted by molar-refractivity contribution is -0.145. The second-order valence-corrected chi connectivity index (χ2v) is 20.7. The standard InChI is InChI=1S/C37H66N2O7.C21H38N2O9/c1-2-27-38-35(42)26-25-32(37(45)46)28-33(40)31-23-21-30(22-24-31)29-39-34(41)19-17-15-13-11-9-7-5-3-4-6-8-10-12-14-16-18-20-36(43)44;1-3-19(25)22-9-5-4-8-18(21(27)28)23-20(26)16-32-14-13-30-10-6-7-17(24)15-31-12-11-29-2/h30-32H,2-29H2,1H3,(H,38,42)(H,39,41)(H,43,44)(H,45,46);18H,3-16H2,1-2H3,(H,22,25)(H,23,26)(H,27,28). The van der Waals surface area contributed by atoms with E-state index in [2.05, 4.69) is 21.3 Å². The number of carbonyl (C=O) groups is 9. The van der Waals surface area contributed by atoms with Crippen molar-refractivity contribution < 1.29 is 77.4 Å². The van der Waals surface area contributed by atoms with Crippen LogP contribution >= 0.6 is 0 Å². The van der Waals surface area contributed by atoms with Gasteiger partial charge in [-0.15, -0.1) is 0 Å². The van der Waals surface area contributed by atoms with Crippen molar-refractivity contribution in [2.45, 2.75) is 225 Å². The number of nitrogens with one attached hydrogen (secondary N) is 4. The summed E-state index contributed by atoms with van der Waals surface area (Å²) < 4.78 is 20.5. The van der Waals surface area contributed by atoms with Crippen molar-refractivity contribution in [2.75, 3.05) is 73.0 Å². The zero-order chi connectivity index (χ0) is 57.9. The van der Waals surface area contributed by atoms with Gasteiger partial charge in [0.15, 0.2) is 5.78 Å². The first-order valence-electron chi connectivity index (χ1n) is 29.7. The fourth-order valence-electron chi connectivity index (χ4n) is 8.93. The molecule has 4 amide bonds. The van der Waals surface area contributed by atoms with Crippen LogP contribution in [0.25, 0.3) is 0 Å². The summed E-state index contributed by atoms with van der Waals surface area (Å²) in [6.07, 6.45) is 27.1. The Labute approximate surface area is 466 Å². The lowest BCUT2D eigenvalue weighted by Gasteiger charge is -2.28. The highest BCUT2D eigenvalue weighted by Gasteiger charge is 2.30. The number of Topliss-reactive ketones (excluding diaryl/α,β-unsaturated/α-hetero) is 2. The molecule has 0 aliphatic heterocycles. The molecule has 0 bridgehead atoms. The summed E-state index contributed by atoms with van der Waals surface area (Å²) in [6, 6.07) is -1.000. The lowest BCUT2D eigenvalue weighted by atomic mass is 9.78. The van der Waals surface area contributed by atoms with E-state index >= 15 is 0 Å². The first-order valence-corrected chi connectivity index (χ1v) is 29.7. The van der Waals surface area contributed by atoms with Gasteiger partial charge in [0.25, 0.3) is 0 Å². The average Bonchev–Trinajstić information content (AvgIpc) is 3.41. The Morgan fingerprint density at radius 2 is 1.03 bits per heavy atom. The number of unbranched alkanes of at least 4 members (excludes halogenated alkanes) is 16. The minimum atomic E-state index is -1.11. The third-order valence-corrected chi connectivity index (χ3v) is 13.8. The summed E-state index contributed by atoms with van der Waals surface area (Å²) in [4.78, 5) is 105. The Kier molecular flexibility index (Phi) is 48.9. The van der Waals surface area contributed by atoms with Gasteiger partial charge in [0.05, 0.1) is 32.3 Å². The smallest absolute Gasteiger partial charge is 0.326 e. The van der Waals surface area contributed by atoms with Gasteiger partial charge in [0, 0.05) is 77.8 Å². The molecule has 1 aliphatic rings. The third kappa shape index (κ3) is 46.4. The van der Waals surface area contributed by atoms with Crippen LogP contribution in [0.3, 0.4) is 0 Å². The van der Waals surface area contributed by atoms with E-state index in [1.807, 2.05) is 6.92 Å². The molecule has 2 unspecified atom stereocenters. The molecule has 20 nitrogen and oxygen atoms in total. The number of amides is 4. The Morgan fingerprint density at radius 3 is 1.58 bits per heavy atom. The van der Waals surface area contributed by atoms with Crippen LogP contribution < -0.4 is 21.3 Å². The van der Waals surface area contributed by atoms with E-state index in [1.54, 1.807) is 14.0 Å². The Hall–Kier alpha value is -4.53. The van der Waals surface area contributed by atoms with Crippen LogP contribution in [0.2, 0.25) is 0 Å². The predicted octanol–water partition coefficient (Wildman–Crippen LogP) is 8.28. The quantitative estimate of drug-likeness (QED) is 0.0282. The molecule has 0 heterocycles. The molecule has 20 heteroatoms. The molecular weight excluding hydrogens is 1010 g/mol. The summed E-state index contributed by atoms with van der Waals surface area (Å²) in [6.45, 7) is 6.87. The molecule has 1 saturated carbocycles. The van der Waals surface area contributed by atoms with Gasteiger partial charge < -0.3 is 55.5 Å². The normalized spacial score (nSPS) is 14.8. The SMILES string of the molecule is CCC(=O)NCCCCC(NC(=O)COCCOCCCC(=O)COCCOC)C(=O)O.CCCNC(=O)CCC(CC(=O)C1CCC(CNC(=O)CCCCCCCCCCCCCCCCCCC(=O)O)CC1)C(=O)O. The first kappa shape index (κ1) is 73.5. The fourth-order valence-corrected chi connectivity index (χ4v) is 8.93. The van der Waals surface area contributed by atoms with Crippen LogP contribution in [0.1, 0.15) is 219 Å². The van der Waals surface area contributed by atoms with Gasteiger partial charge in [-0.2, -0.15) is 0 Å². The summed E-state index contributed by atoms with van der Waals surface area (Å²) in [5.74, 6) is -4.00. The van der Waals surface area contributed by atoms with Crippen molar-refractivity contribution in [3.63, 3.8) is 0 Å². The van der Waals surface area contributed by atoms with E-state index in [9.17, 15) is 53.4 Å². The molecule has 0 aromatic heterocycles. The van der Waals surface area contributed by atoms with E-state index in [-0.39, 0.29) is 87.3 Å². The fraction of sp³-hybridized carbons (Fsp3) is 0.845. The highest BCUT2D eigenvalue weighted by molar-refractivity contribution is 5.86. The molecule has 2 atom stereocenters. The summed E-state index contributed by atoms with van der Waals surface area (Å²) >= 11 is 0. The number of methoxy groups -OCH3 is 1. The number of hydrogen-bond acceptors (Lipinski definition) is 13. The summed E-state index contributed by atoms with van der Waals surface area (Å²) in [7, 11) is 1.56. The van der Waals surface area contributed by atoms with Gasteiger partial charge in [-0.25, -0.2) is 4.79 Å². The highest BCUT2D eigenvalue weighted by Crippen LogP contribution is 2.31. The maximum Gasteiger partial charge on any atom is 0.326 e. The van der Waals surface area contributed by atoms with Crippen molar-refractivity contribution in [1.82, 2.24) is 21.3 Å². The number of rotatable bonds is 52. The van der Waals surface area contributed by atoms with Crippen LogP contribution in [-0.2, 0) is 62.1 Å². The van der Waals surface area contributed by atoms with Crippen LogP contribution in [0.5, 0.6) is 0 Å². The van der Waals surface area contributed by atoms with E-state index in [4.69, 9.17) is 24.1 Å². The molecular formula is C58H104N4O16. The molecule has 0 aromatic carbocycles. The molecule has 0 aromatic rings. The first-order chi connectivity index (χ1) is 37.6. The minimum Gasteiger partial charge on any atom is -0.481 e. The number of aliphatic carboxylic acids is 3. The molecule has 78 heavy (non-hydrogen) atoms. The monoisotopic (exact) mass is 1110 g/mol. The zero-order valence-electron chi connectivity index (χ0n) is 48.2. The second kappa shape index (κ2) is 51.9. The minimum absolute atomic E-state index is 0.00341. The summed E-state index contributed by atoms with van der Waals surface area (Å²) in [5.41, 5.74) is 0. The molecule has 1 fully saturated rings. The van der Waals surface area contributed by atoms with Crippen molar-refractivity contribution in [1.29, 1.82) is 0 Å². The number of carboxylic acids is 3. The Balaban J connectivity index is 0.00000163. The van der Waals surface area contributed by atoms with Gasteiger partial charge in [0.2, 0.25) is 23.6 Å². The second-order valence-electron chi connectivity index (χ2n) is 20.7. The van der Waals surface area contributed by atoms with E-state index in [1.165, 1.54) is 70.6 Å². The van der Waals surface area contributed by atoms with E-state index in [0.717, 1.165) is 64.2 Å². The van der Waals surface area contributed by atoms with Crippen LogP contribution in [-0.4, -0.2) is 147 Å². The molecule has 7 N–H and O–H groups in total. The van der Waals surface area contributed by atoms with Crippen LogP contribution in [0, 0.1) is 17.8 Å². The molecule has 0 saturated heterocycles. The van der Waals surface area contributed by atoms with Crippen LogP contribution in [0.15, 0.2) is 0 Å². The molecule has 0 radical (unpaired) electrons. The maximum atomic E-state index is 12.8. The topological polar surface area (TPSA) is 299 Å². The lowest BCUT2D eigenvalue weighted by Crippen LogP contribution is -2.42. The average molecular weight is 1110 g/mol. The Bertz CT molecular complexity index is 1630. The highest BCUT2D eigenvalue weighted by atomic mass is 16.5. The maximum absolute atomic E-state index is 12.8. The predicted molar refractivity (Wildman–Crippen MR) is 298 cm³/mol. The number of hydrogen-bond donors (Lipinski definition) is 7. The number of ketones is 2.